The van der Waals surface area contributed by atoms with Crippen LogP contribution in [0.15, 0.2) is 24.3 Å². The van der Waals surface area contributed by atoms with Gasteiger partial charge in [-0.15, -0.1) is 12.4 Å². The normalized spacial score (nSPS) is 11.7. The highest BCUT2D eigenvalue weighted by molar-refractivity contribution is 5.85. The Balaban J connectivity index is 0.00000441. The molecular weight excluding hydrogens is 306 g/mol. The fourth-order valence-electron chi connectivity index (χ4n) is 1.57. The Kier molecular flexibility index (Phi) is 10.6. The molecule has 0 heterocycles. The number of benzene rings is 1. The minimum Gasteiger partial charge on any atom is -0.491 e. The molecule has 1 aromatic carbocycles. The minimum atomic E-state index is -0.544. The van der Waals surface area contributed by atoms with Gasteiger partial charge in [-0.3, -0.25) is 4.79 Å². The zero-order valence-corrected chi connectivity index (χ0v) is 14.2. The van der Waals surface area contributed by atoms with Gasteiger partial charge in [-0.05, 0) is 17.7 Å². The summed E-state index contributed by atoms with van der Waals surface area (Å²) in [6.45, 7) is 6.83. The van der Waals surface area contributed by atoms with E-state index >= 15 is 0 Å². The zero-order chi connectivity index (χ0) is 15.7. The van der Waals surface area contributed by atoms with E-state index in [9.17, 15) is 9.90 Å². The summed E-state index contributed by atoms with van der Waals surface area (Å²) in [6, 6.07) is 7.63. The summed E-state index contributed by atoms with van der Waals surface area (Å²) in [6.07, 6.45) is -0.165. The van der Waals surface area contributed by atoms with Gasteiger partial charge in [0.25, 0.3) is 0 Å². The van der Waals surface area contributed by atoms with Crippen LogP contribution < -0.4 is 10.1 Å². The van der Waals surface area contributed by atoms with Gasteiger partial charge in [-0.1, -0.05) is 32.9 Å². The average Bonchev–Trinajstić information content (AvgIpc) is 2.49. The van der Waals surface area contributed by atoms with Crippen molar-refractivity contribution in [1.29, 1.82) is 0 Å². The Morgan fingerprint density at radius 2 is 1.91 bits per heavy atom. The van der Waals surface area contributed by atoms with Gasteiger partial charge in [0.2, 0.25) is 0 Å². The molecule has 0 aliphatic rings. The van der Waals surface area contributed by atoms with Crippen molar-refractivity contribution in [2.45, 2.75) is 45.9 Å². The molecule has 0 aromatic heterocycles. The Labute approximate surface area is 138 Å². The second-order valence-corrected chi connectivity index (χ2v) is 5.19. The molecule has 5 nitrogen and oxygen atoms in total. The van der Waals surface area contributed by atoms with Gasteiger partial charge in [0, 0.05) is 19.0 Å². The van der Waals surface area contributed by atoms with Crippen molar-refractivity contribution >= 4 is 18.4 Å². The Morgan fingerprint density at radius 3 is 2.45 bits per heavy atom. The molecule has 1 unspecified atom stereocenters. The molecule has 0 saturated heterocycles. The van der Waals surface area contributed by atoms with Crippen molar-refractivity contribution in [2.75, 3.05) is 13.2 Å². The molecule has 126 valence electrons. The van der Waals surface area contributed by atoms with Gasteiger partial charge in [-0.25, -0.2) is 0 Å². The highest BCUT2D eigenvalue weighted by atomic mass is 35.5. The molecule has 1 atom stereocenters. The molecule has 0 aliphatic heterocycles. The highest BCUT2D eigenvalue weighted by Crippen LogP contribution is 2.13. The monoisotopic (exact) mass is 331 g/mol. The maximum Gasteiger partial charge on any atom is 0.305 e. The van der Waals surface area contributed by atoms with E-state index < -0.39 is 6.10 Å². The number of aliphatic hydroxyl groups excluding tert-OH is 1. The van der Waals surface area contributed by atoms with Crippen molar-refractivity contribution < 1.29 is 19.4 Å². The third-order valence-electron chi connectivity index (χ3n) is 2.82. The molecule has 1 aromatic rings. The summed E-state index contributed by atoms with van der Waals surface area (Å²) in [5.74, 6) is 0.472. The van der Waals surface area contributed by atoms with Crippen molar-refractivity contribution in [3.63, 3.8) is 0 Å². The summed E-state index contributed by atoms with van der Waals surface area (Å²) >= 11 is 0. The Morgan fingerprint density at radius 1 is 1.27 bits per heavy atom. The lowest BCUT2D eigenvalue weighted by atomic mass is 10.2. The molecule has 0 saturated carbocycles. The number of hydrogen-bond acceptors (Lipinski definition) is 5. The van der Waals surface area contributed by atoms with Crippen LogP contribution in [0.4, 0.5) is 0 Å². The first-order chi connectivity index (χ1) is 10.0. The fraction of sp³-hybridized carbons (Fsp3) is 0.562. The van der Waals surface area contributed by atoms with Crippen LogP contribution in [0.25, 0.3) is 0 Å². The minimum absolute atomic E-state index is 0. The third kappa shape index (κ3) is 8.87. The summed E-state index contributed by atoms with van der Waals surface area (Å²) in [7, 11) is 0. The van der Waals surface area contributed by atoms with Crippen molar-refractivity contribution in [3.8, 4) is 5.75 Å². The van der Waals surface area contributed by atoms with E-state index in [2.05, 4.69) is 5.32 Å². The number of aliphatic hydroxyl groups is 1. The van der Waals surface area contributed by atoms with Crippen LogP contribution in [0, 0.1) is 0 Å². The molecule has 0 aliphatic carbocycles. The van der Waals surface area contributed by atoms with Gasteiger partial charge in [-0.2, -0.15) is 0 Å². The van der Waals surface area contributed by atoms with E-state index in [0.717, 1.165) is 5.56 Å². The summed E-state index contributed by atoms with van der Waals surface area (Å²) in [5, 5.41) is 12.9. The molecule has 0 fully saturated rings. The van der Waals surface area contributed by atoms with Crippen molar-refractivity contribution in [1.82, 2.24) is 5.32 Å². The predicted molar refractivity (Wildman–Crippen MR) is 88.4 cm³/mol. The molecule has 22 heavy (non-hydrogen) atoms. The number of esters is 1. The van der Waals surface area contributed by atoms with Crippen LogP contribution in [0.1, 0.15) is 32.8 Å². The molecule has 6 heteroatoms. The lowest BCUT2D eigenvalue weighted by molar-refractivity contribution is -0.144. The number of carbonyl (C=O) groups is 1. The van der Waals surface area contributed by atoms with Crippen LogP contribution in [-0.4, -0.2) is 36.4 Å². The largest absolute Gasteiger partial charge is 0.491 e. The Bertz CT molecular complexity index is 423. The van der Waals surface area contributed by atoms with Crippen molar-refractivity contribution in [2.24, 2.45) is 0 Å². The lowest BCUT2D eigenvalue weighted by Crippen LogP contribution is -2.35. The van der Waals surface area contributed by atoms with E-state index in [0.29, 0.717) is 24.8 Å². The van der Waals surface area contributed by atoms with Gasteiger partial charge in [0.05, 0.1) is 0 Å². The maximum atomic E-state index is 11.1. The van der Waals surface area contributed by atoms with E-state index in [1.54, 1.807) is 19.1 Å². The topological polar surface area (TPSA) is 67.8 Å². The van der Waals surface area contributed by atoms with E-state index in [1.165, 1.54) is 0 Å². The van der Waals surface area contributed by atoms with Crippen molar-refractivity contribution in [3.05, 3.63) is 29.8 Å². The summed E-state index contributed by atoms with van der Waals surface area (Å²) < 4.78 is 10.5. The van der Waals surface area contributed by atoms with E-state index in [1.807, 2.05) is 26.0 Å². The van der Waals surface area contributed by atoms with Gasteiger partial charge in [0.15, 0.2) is 0 Å². The quantitative estimate of drug-likeness (QED) is 0.680. The van der Waals surface area contributed by atoms with Crippen LogP contribution >= 0.6 is 12.4 Å². The van der Waals surface area contributed by atoms with Crippen LogP contribution in [0.5, 0.6) is 5.75 Å². The SMILES string of the molecule is CCC(=O)OCc1ccc(OCC(O)CNC(C)C)cc1.Cl. The molecule has 0 spiro atoms. The van der Waals surface area contributed by atoms with Crippen LogP contribution in [0.2, 0.25) is 0 Å². The van der Waals surface area contributed by atoms with E-state index in [-0.39, 0.29) is 31.6 Å². The molecule has 0 radical (unpaired) electrons. The van der Waals surface area contributed by atoms with Gasteiger partial charge in [0.1, 0.15) is 25.1 Å². The second-order valence-electron chi connectivity index (χ2n) is 5.19. The van der Waals surface area contributed by atoms with Crippen LogP contribution in [0.3, 0.4) is 0 Å². The van der Waals surface area contributed by atoms with E-state index in [4.69, 9.17) is 9.47 Å². The van der Waals surface area contributed by atoms with Crippen LogP contribution in [-0.2, 0) is 16.1 Å². The summed E-state index contributed by atoms with van der Waals surface area (Å²) in [5.41, 5.74) is 0.908. The summed E-state index contributed by atoms with van der Waals surface area (Å²) in [4.78, 5) is 11.1. The first-order valence-electron chi connectivity index (χ1n) is 7.30. The smallest absolute Gasteiger partial charge is 0.305 e. The number of ether oxygens (including phenoxy) is 2. The molecule has 2 N–H and O–H groups in total. The zero-order valence-electron chi connectivity index (χ0n) is 13.4. The average molecular weight is 332 g/mol. The Hall–Kier alpha value is -1.30. The third-order valence-corrected chi connectivity index (χ3v) is 2.82. The molecule has 1 rings (SSSR count). The van der Waals surface area contributed by atoms with Gasteiger partial charge < -0.3 is 19.9 Å². The molecule has 0 bridgehead atoms. The number of rotatable bonds is 9. The number of halogens is 1. The maximum absolute atomic E-state index is 11.1. The number of hydrogen-bond donors (Lipinski definition) is 2. The molecular formula is C16H26ClNO4. The molecule has 0 amide bonds. The number of nitrogens with one attached hydrogen (secondary N) is 1. The standard InChI is InChI=1S/C16H25NO4.ClH/c1-4-16(19)21-10-13-5-7-15(8-6-13)20-11-14(18)9-17-12(2)3;/h5-8,12,14,17-18H,4,9-11H2,1-3H3;1H. The first-order valence-corrected chi connectivity index (χ1v) is 7.30. The number of carbonyl (C=O) groups excluding carboxylic acids is 1. The lowest BCUT2D eigenvalue weighted by Gasteiger charge is -2.15. The highest BCUT2D eigenvalue weighted by Gasteiger charge is 2.06. The second kappa shape index (κ2) is 11.3. The first kappa shape index (κ1) is 20.7. The predicted octanol–water partition coefficient (Wildman–Crippen LogP) is 2.30. The fourth-order valence-corrected chi connectivity index (χ4v) is 1.57. The van der Waals surface area contributed by atoms with Gasteiger partial charge >= 0.3 is 5.97 Å².